The maximum Gasteiger partial charge on any atom is 0.140 e. The lowest BCUT2D eigenvalue weighted by atomic mass is 10.0. The molecule has 1 atom stereocenters. The van der Waals surface area contributed by atoms with E-state index in [-0.39, 0.29) is 6.04 Å². The number of aromatic nitrogens is 1. The number of nitrogens with two attached hydrogens (primary N) is 1. The van der Waals surface area contributed by atoms with Gasteiger partial charge in [0.25, 0.3) is 0 Å². The van der Waals surface area contributed by atoms with Crippen LogP contribution in [0.25, 0.3) is 21.9 Å². The number of rotatable bonds is 2. The SMILES string of the molecule is NC(c1ccccn1)c1cccc2c1oc1ccccc12. The fourth-order valence-corrected chi connectivity index (χ4v) is 2.73. The molecule has 0 saturated heterocycles. The summed E-state index contributed by atoms with van der Waals surface area (Å²) in [4.78, 5) is 4.35. The predicted molar refractivity (Wildman–Crippen MR) is 84.0 cm³/mol. The second-order valence-corrected chi connectivity index (χ2v) is 5.05. The standard InChI is InChI=1S/C18H14N2O/c19-17(15-9-3-4-11-20-15)14-8-5-7-13-12-6-1-2-10-16(12)21-18(13)14/h1-11,17H,19H2. The molecule has 4 aromatic rings. The van der Waals surface area contributed by atoms with Crippen molar-refractivity contribution in [1.29, 1.82) is 0 Å². The molecule has 0 fully saturated rings. The van der Waals surface area contributed by atoms with Gasteiger partial charge in [-0.1, -0.05) is 42.5 Å². The second-order valence-electron chi connectivity index (χ2n) is 5.05. The molecule has 0 aliphatic carbocycles. The Hall–Kier alpha value is -2.65. The molecule has 0 radical (unpaired) electrons. The molecule has 4 rings (SSSR count). The Balaban J connectivity index is 1.97. The zero-order chi connectivity index (χ0) is 14.2. The zero-order valence-electron chi connectivity index (χ0n) is 11.4. The molecule has 1 unspecified atom stereocenters. The number of hydrogen-bond acceptors (Lipinski definition) is 3. The Morgan fingerprint density at radius 2 is 1.67 bits per heavy atom. The highest BCUT2D eigenvalue weighted by Crippen LogP contribution is 2.33. The van der Waals surface area contributed by atoms with Crippen molar-refractivity contribution >= 4 is 21.9 Å². The summed E-state index contributed by atoms with van der Waals surface area (Å²) < 4.78 is 6.02. The van der Waals surface area contributed by atoms with E-state index >= 15 is 0 Å². The van der Waals surface area contributed by atoms with E-state index in [0.717, 1.165) is 33.2 Å². The van der Waals surface area contributed by atoms with E-state index in [1.54, 1.807) is 6.20 Å². The number of para-hydroxylation sites is 2. The predicted octanol–water partition coefficient (Wildman–Crippen LogP) is 4.03. The minimum Gasteiger partial charge on any atom is -0.456 e. The van der Waals surface area contributed by atoms with Crippen molar-refractivity contribution in [1.82, 2.24) is 4.98 Å². The van der Waals surface area contributed by atoms with Gasteiger partial charge in [-0.15, -0.1) is 0 Å². The van der Waals surface area contributed by atoms with E-state index in [1.807, 2.05) is 48.5 Å². The molecule has 0 bridgehead atoms. The van der Waals surface area contributed by atoms with Crippen LogP contribution in [0.5, 0.6) is 0 Å². The van der Waals surface area contributed by atoms with Crippen molar-refractivity contribution in [3.8, 4) is 0 Å². The molecule has 2 aromatic heterocycles. The van der Waals surface area contributed by atoms with Crippen molar-refractivity contribution in [3.63, 3.8) is 0 Å². The van der Waals surface area contributed by atoms with Crippen LogP contribution in [0.2, 0.25) is 0 Å². The van der Waals surface area contributed by atoms with Crippen molar-refractivity contribution in [3.05, 3.63) is 78.1 Å². The molecule has 0 aliphatic rings. The van der Waals surface area contributed by atoms with Crippen molar-refractivity contribution < 1.29 is 4.42 Å². The summed E-state index contributed by atoms with van der Waals surface area (Å²) in [5, 5.41) is 2.21. The van der Waals surface area contributed by atoms with Crippen molar-refractivity contribution in [2.45, 2.75) is 6.04 Å². The average Bonchev–Trinajstić information content (AvgIpc) is 2.94. The van der Waals surface area contributed by atoms with Crippen LogP contribution < -0.4 is 5.73 Å². The second kappa shape index (κ2) is 4.72. The number of benzene rings is 2. The summed E-state index contributed by atoms with van der Waals surface area (Å²) in [6.07, 6.45) is 1.76. The molecule has 2 aromatic carbocycles. The first-order chi connectivity index (χ1) is 10.3. The van der Waals surface area contributed by atoms with Gasteiger partial charge in [0, 0.05) is 22.5 Å². The van der Waals surface area contributed by atoms with Crippen LogP contribution in [0.3, 0.4) is 0 Å². The molecule has 0 amide bonds. The maximum atomic E-state index is 6.38. The molecular formula is C18H14N2O. The smallest absolute Gasteiger partial charge is 0.140 e. The quantitative estimate of drug-likeness (QED) is 0.600. The molecule has 21 heavy (non-hydrogen) atoms. The number of nitrogens with zero attached hydrogens (tertiary/aromatic N) is 1. The van der Waals surface area contributed by atoms with Crippen LogP contribution in [0, 0.1) is 0 Å². The van der Waals surface area contributed by atoms with Gasteiger partial charge >= 0.3 is 0 Å². The summed E-state index contributed by atoms with van der Waals surface area (Å²) in [7, 11) is 0. The molecule has 2 N–H and O–H groups in total. The molecule has 3 heteroatoms. The Morgan fingerprint density at radius 1 is 0.857 bits per heavy atom. The molecule has 102 valence electrons. The van der Waals surface area contributed by atoms with Gasteiger partial charge in [-0.25, -0.2) is 0 Å². The monoisotopic (exact) mass is 274 g/mol. The first-order valence-corrected chi connectivity index (χ1v) is 6.91. The Bertz CT molecular complexity index is 912. The van der Waals surface area contributed by atoms with Crippen LogP contribution in [0.15, 0.2) is 71.3 Å². The van der Waals surface area contributed by atoms with Crippen molar-refractivity contribution in [2.75, 3.05) is 0 Å². The highest BCUT2D eigenvalue weighted by molar-refractivity contribution is 6.05. The highest BCUT2D eigenvalue weighted by atomic mass is 16.3. The number of hydrogen-bond donors (Lipinski definition) is 1. The third kappa shape index (κ3) is 1.90. The first kappa shape index (κ1) is 12.1. The van der Waals surface area contributed by atoms with Gasteiger partial charge in [0.2, 0.25) is 0 Å². The largest absolute Gasteiger partial charge is 0.456 e. The van der Waals surface area contributed by atoms with E-state index < -0.39 is 0 Å². The number of furan rings is 1. The molecule has 0 spiro atoms. The Labute approximate surface area is 122 Å². The van der Waals surface area contributed by atoms with Gasteiger partial charge in [-0.3, -0.25) is 4.98 Å². The summed E-state index contributed by atoms with van der Waals surface area (Å²) >= 11 is 0. The fraction of sp³-hybridized carbons (Fsp3) is 0.0556. The average molecular weight is 274 g/mol. The normalized spacial score (nSPS) is 12.8. The van der Waals surface area contributed by atoms with Crippen LogP contribution in [-0.2, 0) is 0 Å². The summed E-state index contributed by atoms with van der Waals surface area (Å²) in [5.74, 6) is 0. The minimum absolute atomic E-state index is 0.296. The fourth-order valence-electron chi connectivity index (χ4n) is 2.73. The van der Waals surface area contributed by atoms with Gasteiger partial charge in [-0.2, -0.15) is 0 Å². The van der Waals surface area contributed by atoms with Gasteiger partial charge in [0.1, 0.15) is 11.2 Å². The molecule has 2 heterocycles. The van der Waals surface area contributed by atoms with Crippen molar-refractivity contribution in [2.24, 2.45) is 5.73 Å². The molecular weight excluding hydrogens is 260 g/mol. The Kier molecular flexibility index (Phi) is 2.72. The van der Waals surface area contributed by atoms with Crippen LogP contribution in [0.4, 0.5) is 0 Å². The van der Waals surface area contributed by atoms with Crippen LogP contribution in [0.1, 0.15) is 17.3 Å². The van der Waals surface area contributed by atoms with Gasteiger partial charge in [0.05, 0.1) is 11.7 Å². The summed E-state index contributed by atoms with van der Waals surface area (Å²) in [6.45, 7) is 0. The maximum absolute atomic E-state index is 6.38. The van der Waals surface area contributed by atoms with Gasteiger partial charge < -0.3 is 10.2 Å². The molecule has 0 saturated carbocycles. The summed E-state index contributed by atoms with van der Waals surface area (Å²) in [6, 6.07) is 19.6. The lowest BCUT2D eigenvalue weighted by molar-refractivity contribution is 0.656. The lowest BCUT2D eigenvalue weighted by Gasteiger charge is -2.11. The van der Waals surface area contributed by atoms with Crippen LogP contribution in [-0.4, -0.2) is 4.98 Å². The minimum atomic E-state index is -0.296. The van der Waals surface area contributed by atoms with Gasteiger partial charge in [0.15, 0.2) is 0 Å². The van der Waals surface area contributed by atoms with E-state index in [0.29, 0.717) is 0 Å². The van der Waals surface area contributed by atoms with E-state index in [2.05, 4.69) is 17.1 Å². The molecule has 3 nitrogen and oxygen atoms in total. The lowest BCUT2D eigenvalue weighted by Crippen LogP contribution is -2.13. The van der Waals surface area contributed by atoms with E-state index in [9.17, 15) is 0 Å². The Morgan fingerprint density at radius 3 is 2.52 bits per heavy atom. The first-order valence-electron chi connectivity index (χ1n) is 6.91. The van der Waals surface area contributed by atoms with Crippen LogP contribution >= 0.6 is 0 Å². The number of fused-ring (bicyclic) bond motifs is 3. The third-order valence-corrected chi connectivity index (χ3v) is 3.78. The van der Waals surface area contributed by atoms with Gasteiger partial charge in [-0.05, 0) is 18.2 Å². The van der Waals surface area contributed by atoms with E-state index in [4.69, 9.17) is 10.2 Å². The topological polar surface area (TPSA) is 52.0 Å². The highest BCUT2D eigenvalue weighted by Gasteiger charge is 2.17. The molecule has 0 aliphatic heterocycles. The van der Waals surface area contributed by atoms with E-state index in [1.165, 1.54) is 0 Å². The number of pyridine rings is 1. The summed E-state index contributed by atoms with van der Waals surface area (Å²) in [5.41, 5.74) is 9.91. The third-order valence-electron chi connectivity index (χ3n) is 3.78. The zero-order valence-corrected chi connectivity index (χ0v) is 11.4.